The summed E-state index contributed by atoms with van der Waals surface area (Å²) in [7, 11) is 0. The van der Waals surface area contributed by atoms with Gasteiger partial charge in [-0.25, -0.2) is 9.18 Å². The van der Waals surface area contributed by atoms with Gasteiger partial charge < -0.3 is 9.30 Å². The molecular formula is C18H16FNO2. The Morgan fingerprint density at radius 2 is 2.05 bits per heavy atom. The zero-order valence-corrected chi connectivity index (χ0v) is 12.3. The first-order valence-electron chi connectivity index (χ1n) is 7.18. The number of carbonyl (C=O) groups excluding carboxylic acids is 1. The molecule has 2 aromatic carbocycles. The fraction of sp³-hybridized carbons (Fsp3) is 0.167. The second kappa shape index (κ2) is 6.02. The monoisotopic (exact) mass is 297 g/mol. The van der Waals surface area contributed by atoms with Crippen LogP contribution in [0.1, 0.15) is 22.8 Å². The number of hydrogen-bond acceptors (Lipinski definition) is 2. The Labute approximate surface area is 127 Å². The van der Waals surface area contributed by atoms with Crippen LogP contribution in [0, 0.1) is 5.82 Å². The van der Waals surface area contributed by atoms with E-state index in [1.165, 1.54) is 12.1 Å². The molecule has 0 aliphatic carbocycles. The van der Waals surface area contributed by atoms with Crippen LogP contribution in [0.3, 0.4) is 0 Å². The van der Waals surface area contributed by atoms with Crippen LogP contribution in [-0.2, 0) is 11.3 Å². The molecule has 0 aliphatic heterocycles. The lowest BCUT2D eigenvalue weighted by Gasteiger charge is -2.08. The van der Waals surface area contributed by atoms with E-state index in [0.717, 1.165) is 16.5 Å². The number of carbonyl (C=O) groups is 1. The summed E-state index contributed by atoms with van der Waals surface area (Å²) >= 11 is 0. The number of ether oxygens (including phenoxy) is 1. The summed E-state index contributed by atoms with van der Waals surface area (Å²) < 4.78 is 20.3. The fourth-order valence-electron chi connectivity index (χ4n) is 2.52. The van der Waals surface area contributed by atoms with Gasteiger partial charge >= 0.3 is 5.97 Å². The number of rotatable bonds is 4. The molecule has 0 saturated carbocycles. The summed E-state index contributed by atoms with van der Waals surface area (Å²) in [5.41, 5.74) is 2.50. The second-order valence-electron chi connectivity index (χ2n) is 5.07. The molecule has 1 heterocycles. The lowest BCUT2D eigenvalue weighted by atomic mass is 10.1. The van der Waals surface area contributed by atoms with Crippen LogP contribution in [0.15, 0.2) is 54.7 Å². The van der Waals surface area contributed by atoms with E-state index in [0.29, 0.717) is 18.7 Å². The molecule has 0 aliphatic rings. The van der Waals surface area contributed by atoms with Gasteiger partial charge in [-0.2, -0.15) is 0 Å². The zero-order valence-electron chi connectivity index (χ0n) is 12.3. The summed E-state index contributed by atoms with van der Waals surface area (Å²) in [4.78, 5) is 11.8. The summed E-state index contributed by atoms with van der Waals surface area (Å²) in [6, 6.07) is 14.0. The lowest BCUT2D eigenvalue weighted by molar-refractivity contribution is 0.0526. The molecule has 0 amide bonds. The SMILES string of the molecule is CCOC(=O)c1cccc(Cn2ccc3cc(F)ccc32)c1. The minimum Gasteiger partial charge on any atom is -0.462 e. The smallest absolute Gasteiger partial charge is 0.338 e. The maximum Gasteiger partial charge on any atom is 0.338 e. The molecule has 0 fully saturated rings. The van der Waals surface area contributed by atoms with Crippen molar-refractivity contribution in [2.24, 2.45) is 0 Å². The summed E-state index contributed by atoms with van der Waals surface area (Å²) in [6.45, 7) is 2.76. The van der Waals surface area contributed by atoms with Crippen molar-refractivity contribution in [3.05, 3.63) is 71.7 Å². The first-order valence-corrected chi connectivity index (χ1v) is 7.18. The van der Waals surface area contributed by atoms with E-state index < -0.39 is 0 Å². The minimum absolute atomic E-state index is 0.241. The van der Waals surface area contributed by atoms with Crippen molar-refractivity contribution in [2.75, 3.05) is 6.61 Å². The molecule has 0 N–H and O–H groups in total. The molecule has 0 spiro atoms. The number of aromatic nitrogens is 1. The Bertz CT molecular complexity index is 823. The Kier molecular flexibility index (Phi) is 3.92. The Morgan fingerprint density at radius 3 is 2.86 bits per heavy atom. The molecule has 22 heavy (non-hydrogen) atoms. The molecule has 112 valence electrons. The highest BCUT2D eigenvalue weighted by Gasteiger charge is 2.08. The Balaban J connectivity index is 1.88. The molecular weight excluding hydrogens is 281 g/mol. The predicted molar refractivity (Wildman–Crippen MR) is 83.4 cm³/mol. The van der Waals surface area contributed by atoms with Gasteiger partial charge in [-0.15, -0.1) is 0 Å². The highest BCUT2D eigenvalue weighted by molar-refractivity contribution is 5.89. The van der Waals surface area contributed by atoms with Gasteiger partial charge in [0.1, 0.15) is 5.82 Å². The number of nitrogens with zero attached hydrogens (tertiary/aromatic N) is 1. The Hall–Kier alpha value is -2.62. The normalized spacial score (nSPS) is 10.8. The van der Waals surface area contributed by atoms with Gasteiger partial charge in [0.2, 0.25) is 0 Å². The van der Waals surface area contributed by atoms with E-state index >= 15 is 0 Å². The molecule has 3 aromatic rings. The van der Waals surface area contributed by atoms with Crippen LogP contribution in [0.5, 0.6) is 0 Å². The van der Waals surface area contributed by atoms with Crippen molar-refractivity contribution < 1.29 is 13.9 Å². The maximum atomic E-state index is 13.2. The van der Waals surface area contributed by atoms with Crippen molar-refractivity contribution in [1.29, 1.82) is 0 Å². The van der Waals surface area contributed by atoms with Gasteiger partial charge in [-0.1, -0.05) is 12.1 Å². The fourth-order valence-corrected chi connectivity index (χ4v) is 2.52. The molecule has 0 bridgehead atoms. The summed E-state index contributed by atoms with van der Waals surface area (Å²) in [5.74, 6) is -0.557. The van der Waals surface area contributed by atoms with E-state index in [-0.39, 0.29) is 11.8 Å². The molecule has 3 nitrogen and oxygen atoms in total. The van der Waals surface area contributed by atoms with Gasteiger partial charge in [0.25, 0.3) is 0 Å². The first kappa shape index (κ1) is 14.3. The third-order valence-corrected chi connectivity index (χ3v) is 3.52. The Morgan fingerprint density at radius 1 is 1.18 bits per heavy atom. The van der Waals surface area contributed by atoms with Crippen LogP contribution in [-0.4, -0.2) is 17.1 Å². The van der Waals surface area contributed by atoms with Crippen molar-refractivity contribution in [2.45, 2.75) is 13.5 Å². The van der Waals surface area contributed by atoms with Crippen LogP contribution in [0.4, 0.5) is 4.39 Å². The van der Waals surface area contributed by atoms with E-state index in [2.05, 4.69) is 0 Å². The number of hydrogen-bond donors (Lipinski definition) is 0. The third kappa shape index (κ3) is 2.86. The quantitative estimate of drug-likeness (QED) is 0.681. The standard InChI is InChI=1S/C18H16FNO2/c1-2-22-18(21)15-5-3-4-13(10-15)12-20-9-8-14-11-16(19)6-7-17(14)20/h3-11H,2,12H2,1H3. The highest BCUT2D eigenvalue weighted by Crippen LogP contribution is 2.19. The van der Waals surface area contributed by atoms with Gasteiger partial charge in [0.15, 0.2) is 0 Å². The molecule has 3 rings (SSSR count). The van der Waals surface area contributed by atoms with Gasteiger partial charge in [0.05, 0.1) is 12.2 Å². The largest absolute Gasteiger partial charge is 0.462 e. The van der Waals surface area contributed by atoms with Crippen molar-refractivity contribution in [1.82, 2.24) is 4.57 Å². The zero-order chi connectivity index (χ0) is 15.5. The molecule has 0 radical (unpaired) electrons. The van der Waals surface area contributed by atoms with Gasteiger partial charge in [-0.3, -0.25) is 0 Å². The average Bonchev–Trinajstić information content (AvgIpc) is 2.90. The van der Waals surface area contributed by atoms with Crippen LogP contribution in [0.2, 0.25) is 0 Å². The lowest BCUT2D eigenvalue weighted by Crippen LogP contribution is -2.06. The average molecular weight is 297 g/mol. The van der Waals surface area contributed by atoms with Crippen molar-refractivity contribution in [3.8, 4) is 0 Å². The van der Waals surface area contributed by atoms with Crippen LogP contribution >= 0.6 is 0 Å². The number of benzene rings is 2. The third-order valence-electron chi connectivity index (χ3n) is 3.52. The summed E-state index contributed by atoms with van der Waals surface area (Å²) in [5, 5.41) is 0.863. The van der Waals surface area contributed by atoms with Gasteiger partial charge in [-0.05, 0) is 48.9 Å². The maximum absolute atomic E-state index is 13.2. The van der Waals surface area contributed by atoms with Crippen molar-refractivity contribution in [3.63, 3.8) is 0 Å². The van der Waals surface area contributed by atoms with Crippen LogP contribution in [0.25, 0.3) is 10.9 Å². The minimum atomic E-state index is -0.316. The molecule has 0 unspecified atom stereocenters. The first-order chi connectivity index (χ1) is 10.7. The highest BCUT2D eigenvalue weighted by atomic mass is 19.1. The van der Waals surface area contributed by atoms with Crippen LogP contribution < -0.4 is 0 Å². The van der Waals surface area contributed by atoms with Crippen molar-refractivity contribution >= 4 is 16.9 Å². The van der Waals surface area contributed by atoms with E-state index in [1.54, 1.807) is 19.1 Å². The molecule has 1 aromatic heterocycles. The topological polar surface area (TPSA) is 31.2 Å². The number of fused-ring (bicyclic) bond motifs is 1. The summed E-state index contributed by atoms with van der Waals surface area (Å²) in [6.07, 6.45) is 1.92. The second-order valence-corrected chi connectivity index (χ2v) is 5.07. The van der Waals surface area contributed by atoms with E-state index in [1.807, 2.05) is 35.0 Å². The number of esters is 1. The van der Waals surface area contributed by atoms with E-state index in [9.17, 15) is 9.18 Å². The number of halogens is 1. The molecule has 4 heteroatoms. The predicted octanol–water partition coefficient (Wildman–Crippen LogP) is 4.01. The molecule has 0 saturated heterocycles. The van der Waals surface area contributed by atoms with Gasteiger partial charge in [0, 0.05) is 23.6 Å². The molecule has 0 atom stereocenters. The van der Waals surface area contributed by atoms with E-state index in [4.69, 9.17) is 4.74 Å².